The number of aromatic nitrogens is 4. The second kappa shape index (κ2) is 6.87. The van der Waals surface area contributed by atoms with Gasteiger partial charge in [-0.2, -0.15) is 5.10 Å². The zero-order valence-electron chi connectivity index (χ0n) is 22.0. The lowest BCUT2D eigenvalue weighted by molar-refractivity contribution is -0.317. The minimum Gasteiger partial charge on any atom is -0.408 e. The number of nitrogens with zero attached hydrogens (tertiary/aromatic N) is 4. The van der Waals surface area contributed by atoms with Gasteiger partial charge in [-0.1, -0.05) is 6.07 Å². The molecule has 3 N–H and O–H groups in total. The van der Waals surface area contributed by atoms with Crippen molar-refractivity contribution < 1.29 is 22.4 Å². The minimum absolute atomic E-state index is 0.0575. The van der Waals surface area contributed by atoms with Crippen LogP contribution in [0.25, 0.3) is 16.7 Å². The highest BCUT2D eigenvalue weighted by molar-refractivity contribution is 7.88. The van der Waals surface area contributed by atoms with Crippen LogP contribution in [0.1, 0.15) is 33.0 Å². The summed E-state index contributed by atoms with van der Waals surface area (Å²) in [6, 6.07) is 8.29. The van der Waals surface area contributed by atoms with Crippen LogP contribution >= 0.6 is 0 Å². The predicted octanol–water partition coefficient (Wildman–Crippen LogP) is 0.0177. The van der Waals surface area contributed by atoms with Crippen molar-refractivity contribution in [2.45, 2.75) is 18.5 Å². The summed E-state index contributed by atoms with van der Waals surface area (Å²) in [7, 11) is -1.63. The molecule has 5 aliphatic carbocycles. The lowest BCUT2D eigenvalue weighted by atomic mass is 9.24. The van der Waals surface area contributed by atoms with Gasteiger partial charge in [0.1, 0.15) is 11.4 Å². The van der Waals surface area contributed by atoms with E-state index < -0.39 is 21.7 Å². The van der Waals surface area contributed by atoms with E-state index in [4.69, 9.17) is 4.42 Å². The Hall–Kier alpha value is -4.04. The number of sulfonamides is 1. The number of carbonyl (C=O) groups is 2. The number of aryl methyl sites for hydroxylation is 1. The monoisotopic (exact) mass is 575 g/mol. The number of fused-ring (bicyclic) bond motifs is 4. The smallest absolute Gasteiger partial charge is 0.408 e. The first-order valence-electron chi connectivity index (χ1n) is 13.5. The molecule has 13 nitrogen and oxygen atoms in total. The van der Waals surface area contributed by atoms with Crippen LogP contribution in [-0.4, -0.2) is 57.7 Å². The fourth-order valence-electron chi connectivity index (χ4n) is 9.82. The summed E-state index contributed by atoms with van der Waals surface area (Å²) in [5, 5.41) is 10.1. The van der Waals surface area contributed by atoms with Gasteiger partial charge < -0.3 is 15.1 Å². The van der Waals surface area contributed by atoms with E-state index in [2.05, 4.69) is 25.4 Å². The van der Waals surface area contributed by atoms with E-state index in [0.29, 0.717) is 47.0 Å². The van der Waals surface area contributed by atoms with E-state index in [1.54, 1.807) is 31.3 Å². The summed E-state index contributed by atoms with van der Waals surface area (Å²) in [6.07, 6.45) is 3.70. The summed E-state index contributed by atoms with van der Waals surface area (Å²) in [5.74, 6) is 0.506. The molecule has 1 aromatic carbocycles. The second-order valence-corrected chi connectivity index (χ2v) is 14.2. The standard InChI is InChI=1S/C27H25N7O6S/c1-33-14-7-12(3-4-16(14)40-24(33)37)9-28-22(35)13-8-15(34-17(31-13)5-6-30-34)23(36)29-11-25-10-26-20(25)19-18(25)21(26)27(19,26)32-41(2,38)39/h3-8,18-21,32H,9-11H2,1-2H3,(H,28,35)(H,29,36). The van der Waals surface area contributed by atoms with Gasteiger partial charge in [-0.25, -0.2) is 27.4 Å². The Morgan fingerprint density at radius 3 is 2.66 bits per heavy atom. The first kappa shape index (κ1) is 23.6. The van der Waals surface area contributed by atoms with Gasteiger partial charge in [0.2, 0.25) is 10.0 Å². The molecule has 3 heterocycles. The highest BCUT2D eigenvalue weighted by Crippen LogP contribution is 3.13. The Morgan fingerprint density at radius 2 is 1.95 bits per heavy atom. The number of oxazole rings is 1. The van der Waals surface area contributed by atoms with Gasteiger partial charge in [0.25, 0.3) is 11.8 Å². The Balaban J connectivity index is 0.904. The second-order valence-electron chi connectivity index (χ2n) is 12.4. The number of carbonyl (C=O) groups excluding carboxylic acids is 2. The fourth-order valence-corrected chi connectivity index (χ4v) is 10.9. The Labute approximate surface area is 232 Å². The predicted molar refractivity (Wildman–Crippen MR) is 142 cm³/mol. The first-order chi connectivity index (χ1) is 19.5. The summed E-state index contributed by atoms with van der Waals surface area (Å²) < 4.78 is 34.6. The van der Waals surface area contributed by atoms with Gasteiger partial charge in [-0.05, 0) is 58.6 Å². The Kier molecular flexibility index (Phi) is 3.96. The fraction of sp³-hybridized carbons (Fsp3) is 0.444. The molecular weight excluding hydrogens is 550 g/mol. The highest BCUT2D eigenvalue weighted by Gasteiger charge is 3.16. The van der Waals surface area contributed by atoms with E-state index in [1.165, 1.54) is 27.6 Å². The minimum atomic E-state index is -3.24. The molecule has 2 amide bonds. The van der Waals surface area contributed by atoms with Gasteiger partial charge >= 0.3 is 5.76 Å². The van der Waals surface area contributed by atoms with Crippen LogP contribution in [0.3, 0.4) is 0 Å². The van der Waals surface area contributed by atoms with E-state index in [-0.39, 0.29) is 40.2 Å². The van der Waals surface area contributed by atoms with Crippen molar-refractivity contribution >= 4 is 38.6 Å². The van der Waals surface area contributed by atoms with Gasteiger partial charge in [0.05, 0.1) is 18.0 Å². The molecule has 210 valence electrons. The SMILES string of the molecule is Cn1c(=O)oc2ccc(CNC(=O)c3cc(C(=O)NCC45CC67C4C4C5C6C47NS(C)(=O)=O)n4nccc4n3)cc21. The third-order valence-corrected chi connectivity index (χ3v) is 11.6. The highest BCUT2D eigenvalue weighted by atomic mass is 32.2. The molecule has 5 aliphatic rings. The molecule has 0 aliphatic heterocycles. The lowest BCUT2D eigenvalue weighted by Gasteiger charge is -2.81. The van der Waals surface area contributed by atoms with Crippen LogP contribution < -0.4 is 21.1 Å². The molecule has 7 atom stereocenters. The van der Waals surface area contributed by atoms with E-state index in [1.807, 2.05) is 0 Å². The van der Waals surface area contributed by atoms with Crippen LogP contribution in [0.2, 0.25) is 0 Å². The summed E-state index contributed by atoms with van der Waals surface area (Å²) >= 11 is 0. The maximum absolute atomic E-state index is 13.4. The van der Waals surface area contributed by atoms with Crippen LogP contribution in [0.4, 0.5) is 0 Å². The normalized spacial score (nSPS) is 34.6. The van der Waals surface area contributed by atoms with Crippen LogP contribution in [-0.2, 0) is 23.6 Å². The maximum Gasteiger partial charge on any atom is 0.419 e. The maximum atomic E-state index is 13.4. The van der Waals surface area contributed by atoms with Crippen molar-refractivity contribution in [2.24, 2.45) is 41.5 Å². The van der Waals surface area contributed by atoms with Gasteiger partial charge in [0, 0.05) is 37.8 Å². The third kappa shape index (κ3) is 2.49. The average molecular weight is 576 g/mol. The number of hydrogen-bond acceptors (Lipinski definition) is 8. The van der Waals surface area contributed by atoms with Crippen LogP contribution in [0.5, 0.6) is 0 Å². The van der Waals surface area contributed by atoms with Crippen molar-refractivity contribution in [3.63, 3.8) is 0 Å². The molecule has 14 heteroatoms. The average Bonchev–Trinajstić information content (AvgIpc) is 3.57. The zero-order valence-corrected chi connectivity index (χ0v) is 22.9. The number of benzene rings is 1. The lowest BCUT2D eigenvalue weighted by Crippen LogP contribution is -2.86. The van der Waals surface area contributed by atoms with Gasteiger partial charge in [-0.3, -0.25) is 14.2 Å². The van der Waals surface area contributed by atoms with Gasteiger partial charge in [-0.15, -0.1) is 0 Å². The van der Waals surface area contributed by atoms with E-state index in [0.717, 1.165) is 12.0 Å². The Bertz CT molecular complexity index is 2070. The molecule has 41 heavy (non-hydrogen) atoms. The number of hydrogen-bond donors (Lipinski definition) is 3. The van der Waals surface area contributed by atoms with Crippen molar-refractivity contribution in [1.82, 2.24) is 34.5 Å². The summed E-state index contributed by atoms with van der Waals surface area (Å²) in [4.78, 5) is 42.6. The summed E-state index contributed by atoms with van der Waals surface area (Å²) in [5.41, 5.74) is 2.51. The third-order valence-electron chi connectivity index (χ3n) is 10.9. The molecule has 0 radical (unpaired) electrons. The number of nitrogens with one attached hydrogen (secondary N) is 3. The largest absolute Gasteiger partial charge is 0.419 e. The molecule has 4 aromatic rings. The molecule has 1 spiro atoms. The molecule has 9 rings (SSSR count). The van der Waals surface area contributed by atoms with Crippen LogP contribution in [0, 0.1) is 34.5 Å². The van der Waals surface area contributed by atoms with Crippen molar-refractivity contribution in [1.29, 1.82) is 0 Å². The van der Waals surface area contributed by atoms with Crippen molar-refractivity contribution in [2.75, 3.05) is 12.8 Å². The van der Waals surface area contributed by atoms with Crippen molar-refractivity contribution in [3.8, 4) is 0 Å². The van der Waals surface area contributed by atoms with Crippen molar-refractivity contribution in [3.05, 3.63) is 64.0 Å². The zero-order chi connectivity index (χ0) is 28.3. The molecule has 0 saturated heterocycles. The number of amides is 2. The van der Waals surface area contributed by atoms with Crippen LogP contribution in [0.15, 0.2) is 45.7 Å². The summed E-state index contributed by atoms with van der Waals surface area (Å²) in [6.45, 7) is 0.712. The molecule has 7 unspecified atom stereocenters. The first-order valence-corrected chi connectivity index (χ1v) is 15.4. The van der Waals surface area contributed by atoms with Gasteiger partial charge in [0.15, 0.2) is 11.2 Å². The van der Waals surface area contributed by atoms with E-state index in [9.17, 15) is 22.8 Å². The molecule has 0 bridgehead atoms. The quantitative estimate of drug-likeness (QED) is 0.264. The molecule has 5 saturated carbocycles. The molecule has 5 fully saturated rings. The molecular formula is C27H25N7O6S. The Morgan fingerprint density at radius 1 is 1.12 bits per heavy atom. The molecule has 3 aromatic heterocycles. The number of rotatable bonds is 8. The van der Waals surface area contributed by atoms with E-state index >= 15 is 0 Å². The topological polar surface area (TPSA) is 170 Å².